The number of rotatable bonds is 4. The Morgan fingerprint density at radius 2 is 1.39 bits per heavy atom. The van der Waals surface area contributed by atoms with Gasteiger partial charge in [-0.1, -0.05) is 12.1 Å². The van der Waals surface area contributed by atoms with Crippen LogP contribution in [0.5, 0.6) is 0 Å². The molecule has 0 aliphatic heterocycles. The molecule has 0 saturated heterocycles. The molecule has 2 aromatic rings. The van der Waals surface area contributed by atoms with Crippen LogP contribution in [-0.4, -0.2) is 26.0 Å². The molecule has 0 spiro atoms. The van der Waals surface area contributed by atoms with Gasteiger partial charge in [-0.2, -0.15) is 0 Å². The molecule has 0 N–H and O–H groups in total. The monoisotopic (exact) mass is 379 g/mol. The molecule has 0 aromatic heterocycles. The molecule has 2 aromatic carbocycles. The molecule has 2 aliphatic rings. The first-order chi connectivity index (χ1) is 13.4. The van der Waals surface area contributed by atoms with E-state index in [4.69, 9.17) is 9.47 Å². The van der Waals surface area contributed by atoms with Gasteiger partial charge in [0.2, 0.25) is 0 Å². The first kappa shape index (κ1) is 18.5. The quantitative estimate of drug-likeness (QED) is 0.747. The molecule has 0 unspecified atom stereocenters. The number of aryl methyl sites for hydroxylation is 2. The van der Waals surface area contributed by atoms with E-state index in [0.29, 0.717) is 5.56 Å². The average Bonchev–Trinajstić information content (AvgIpc) is 3.25. The lowest BCUT2D eigenvalue weighted by atomic mass is 9.97. The molecule has 0 radical (unpaired) electrons. The summed E-state index contributed by atoms with van der Waals surface area (Å²) in [5, 5.41) is 0. The third kappa shape index (κ3) is 3.37. The summed E-state index contributed by atoms with van der Waals surface area (Å²) >= 11 is 0. The summed E-state index contributed by atoms with van der Waals surface area (Å²) in [4.78, 5) is 26.2. The Bertz CT molecular complexity index is 917. The lowest BCUT2D eigenvalue weighted by molar-refractivity contribution is -0.146. The van der Waals surface area contributed by atoms with Crippen molar-refractivity contribution in [3.63, 3.8) is 0 Å². The molecule has 146 valence electrons. The minimum absolute atomic E-state index is 0.235. The van der Waals surface area contributed by atoms with Crippen LogP contribution in [0.25, 0.3) is 0 Å². The molecular weight excluding hydrogens is 354 g/mol. The minimum atomic E-state index is -0.317. The number of anilines is 1. The van der Waals surface area contributed by atoms with Gasteiger partial charge >= 0.3 is 11.9 Å². The van der Waals surface area contributed by atoms with Gasteiger partial charge in [-0.25, -0.2) is 4.79 Å². The van der Waals surface area contributed by atoms with E-state index in [1.807, 2.05) is 31.1 Å². The maximum absolute atomic E-state index is 12.7. The van der Waals surface area contributed by atoms with E-state index in [1.165, 1.54) is 18.1 Å². The predicted molar refractivity (Wildman–Crippen MR) is 107 cm³/mol. The molecule has 2 aliphatic carbocycles. The molecule has 28 heavy (non-hydrogen) atoms. The Labute approximate surface area is 165 Å². The highest BCUT2D eigenvalue weighted by molar-refractivity contribution is 5.90. The van der Waals surface area contributed by atoms with Crippen molar-refractivity contribution in [2.45, 2.75) is 44.8 Å². The molecule has 4 rings (SSSR count). The average molecular weight is 379 g/mol. The van der Waals surface area contributed by atoms with Crippen LogP contribution in [0, 0.1) is 0 Å². The van der Waals surface area contributed by atoms with Crippen LogP contribution in [0.4, 0.5) is 5.69 Å². The standard InChI is InChI=1S/C23H25NO4/c1-14(25)27-19-12-8-15-4-5-16-9-13-20(22(16)21(15)19)28-23(26)17-6-10-18(11-7-17)24(2)3/h4-7,10-11,19-20H,8-9,12-13H2,1-3H3/t19-,20-/m0/s1. The van der Waals surface area contributed by atoms with Crippen LogP contribution < -0.4 is 4.90 Å². The van der Waals surface area contributed by atoms with Gasteiger partial charge in [-0.05, 0) is 61.1 Å². The molecule has 0 heterocycles. The summed E-state index contributed by atoms with van der Waals surface area (Å²) in [7, 11) is 3.92. The number of carbonyl (C=O) groups excluding carboxylic acids is 2. The second-order valence-corrected chi connectivity index (χ2v) is 7.72. The Kier molecular flexibility index (Phi) is 4.84. The summed E-state index contributed by atoms with van der Waals surface area (Å²) in [6.45, 7) is 1.44. The molecule has 0 bridgehead atoms. The van der Waals surface area contributed by atoms with Crippen molar-refractivity contribution in [2.75, 3.05) is 19.0 Å². The van der Waals surface area contributed by atoms with E-state index in [0.717, 1.165) is 42.5 Å². The van der Waals surface area contributed by atoms with E-state index in [2.05, 4.69) is 12.1 Å². The zero-order chi connectivity index (χ0) is 19.8. The summed E-state index contributed by atoms with van der Waals surface area (Å²) in [5.41, 5.74) is 6.08. The van der Waals surface area contributed by atoms with Crippen molar-refractivity contribution in [2.24, 2.45) is 0 Å². The normalized spacial score (nSPS) is 19.7. The number of esters is 2. The van der Waals surface area contributed by atoms with E-state index in [1.54, 1.807) is 12.1 Å². The Balaban J connectivity index is 1.59. The van der Waals surface area contributed by atoms with Gasteiger partial charge in [0.25, 0.3) is 0 Å². The molecule has 5 heteroatoms. The summed E-state index contributed by atoms with van der Waals surface area (Å²) in [6, 6.07) is 11.7. The summed E-state index contributed by atoms with van der Waals surface area (Å²) in [6.07, 6.45) is 2.78. The highest BCUT2D eigenvalue weighted by atomic mass is 16.5. The van der Waals surface area contributed by atoms with Crippen molar-refractivity contribution >= 4 is 17.6 Å². The van der Waals surface area contributed by atoms with Gasteiger partial charge in [-0.15, -0.1) is 0 Å². The zero-order valence-corrected chi connectivity index (χ0v) is 16.5. The fourth-order valence-electron chi connectivity index (χ4n) is 4.31. The van der Waals surface area contributed by atoms with Gasteiger partial charge in [0.05, 0.1) is 5.56 Å². The van der Waals surface area contributed by atoms with Gasteiger partial charge < -0.3 is 14.4 Å². The van der Waals surface area contributed by atoms with E-state index in [-0.39, 0.29) is 24.1 Å². The molecular formula is C23H25NO4. The number of fused-ring (bicyclic) bond motifs is 3. The lowest BCUT2D eigenvalue weighted by Crippen LogP contribution is -2.14. The van der Waals surface area contributed by atoms with E-state index >= 15 is 0 Å². The van der Waals surface area contributed by atoms with Gasteiger partial charge in [0, 0.05) is 37.8 Å². The van der Waals surface area contributed by atoms with Gasteiger partial charge in [-0.3, -0.25) is 4.79 Å². The number of carbonyl (C=O) groups is 2. The topological polar surface area (TPSA) is 55.8 Å². The summed E-state index contributed by atoms with van der Waals surface area (Å²) < 4.78 is 11.5. The lowest BCUT2D eigenvalue weighted by Gasteiger charge is -2.20. The van der Waals surface area contributed by atoms with Crippen molar-refractivity contribution in [1.82, 2.24) is 0 Å². The third-order valence-corrected chi connectivity index (χ3v) is 5.64. The maximum atomic E-state index is 12.7. The Morgan fingerprint density at radius 3 is 1.89 bits per heavy atom. The van der Waals surface area contributed by atoms with Crippen molar-refractivity contribution in [3.05, 3.63) is 64.2 Å². The molecule has 2 atom stereocenters. The SMILES string of the molecule is CC(=O)O[C@H]1CCc2ccc3c(c21)[C@@H](OC(=O)c1ccc(N(C)C)cc1)CC3. The Hall–Kier alpha value is -2.82. The van der Waals surface area contributed by atoms with Crippen LogP contribution in [-0.2, 0) is 27.1 Å². The fraction of sp³-hybridized carbons (Fsp3) is 0.391. The molecule has 0 saturated carbocycles. The minimum Gasteiger partial charge on any atom is -0.458 e. The summed E-state index contributed by atoms with van der Waals surface area (Å²) in [5.74, 6) is -0.592. The molecule has 0 fully saturated rings. The van der Waals surface area contributed by atoms with Crippen LogP contribution in [0.1, 0.15) is 64.6 Å². The number of benzene rings is 2. The van der Waals surface area contributed by atoms with E-state index in [9.17, 15) is 9.59 Å². The van der Waals surface area contributed by atoms with Crippen LogP contribution in [0.2, 0.25) is 0 Å². The number of nitrogens with zero attached hydrogens (tertiary/aromatic N) is 1. The van der Waals surface area contributed by atoms with Crippen LogP contribution in [0.3, 0.4) is 0 Å². The maximum Gasteiger partial charge on any atom is 0.338 e. The highest BCUT2D eigenvalue weighted by Gasteiger charge is 2.36. The van der Waals surface area contributed by atoms with Crippen molar-refractivity contribution < 1.29 is 19.1 Å². The Morgan fingerprint density at radius 1 is 0.857 bits per heavy atom. The first-order valence-electron chi connectivity index (χ1n) is 9.74. The second-order valence-electron chi connectivity index (χ2n) is 7.72. The van der Waals surface area contributed by atoms with Crippen LogP contribution >= 0.6 is 0 Å². The van der Waals surface area contributed by atoms with Gasteiger partial charge in [0.15, 0.2) is 0 Å². The number of hydrogen-bond donors (Lipinski definition) is 0. The smallest absolute Gasteiger partial charge is 0.338 e. The van der Waals surface area contributed by atoms with Crippen molar-refractivity contribution in [1.29, 1.82) is 0 Å². The number of hydrogen-bond acceptors (Lipinski definition) is 5. The largest absolute Gasteiger partial charge is 0.458 e. The molecule has 5 nitrogen and oxygen atoms in total. The predicted octanol–water partition coefficient (Wildman–Crippen LogP) is 4.15. The fourth-order valence-corrected chi connectivity index (χ4v) is 4.31. The van der Waals surface area contributed by atoms with Gasteiger partial charge in [0.1, 0.15) is 12.2 Å². The van der Waals surface area contributed by atoms with Crippen LogP contribution in [0.15, 0.2) is 36.4 Å². The third-order valence-electron chi connectivity index (χ3n) is 5.64. The first-order valence-corrected chi connectivity index (χ1v) is 9.74. The molecule has 0 amide bonds. The highest BCUT2D eigenvalue weighted by Crippen LogP contribution is 2.46. The van der Waals surface area contributed by atoms with Crippen molar-refractivity contribution in [3.8, 4) is 0 Å². The zero-order valence-electron chi connectivity index (χ0n) is 16.5. The number of ether oxygens (including phenoxy) is 2. The van der Waals surface area contributed by atoms with E-state index < -0.39 is 0 Å². The second kappa shape index (κ2) is 7.30.